The largest absolute Gasteiger partial charge is 0.490 e. The first-order chi connectivity index (χ1) is 14.8. The number of fused-ring (bicyclic) bond motifs is 3. The van der Waals surface area contributed by atoms with E-state index in [1.54, 1.807) is 0 Å². The van der Waals surface area contributed by atoms with Gasteiger partial charge in [-0.25, -0.2) is 0 Å². The van der Waals surface area contributed by atoms with Crippen molar-refractivity contribution in [1.29, 1.82) is 0 Å². The number of hydrogen-bond acceptors (Lipinski definition) is 5. The van der Waals surface area contributed by atoms with Gasteiger partial charge in [0.25, 0.3) is 5.91 Å². The zero-order valence-corrected chi connectivity index (χ0v) is 17.3. The summed E-state index contributed by atoms with van der Waals surface area (Å²) in [4.78, 5) is 17.7. The van der Waals surface area contributed by atoms with Crippen molar-refractivity contribution in [3.63, 3.8) is 0 Å². The second-order valence-corrected chi connectivity index (χ2v) is 8.34. The van der Waals surface area contributed by atoms with Gasteiger partial charge in [0.1, 0.15) is 0 Å². The normalized spacial score (nSPS) is 25.1. The highest BCUT2D eigenvalue weighted by Gasteiger charge is 2.40. The number of nitrogens with one attached hydrogen (secondary N) is 1. The molecule has 6 nitrogen and oxygen atoms in total. The van der Waals surface area contributed by atoms with Gasteiger partial charge in [0.05, 0.1) is 13.2 Å². The molecule has 1 unspecified atom stereocenters. The van der Waals surface area contributed by atoms with Crippen LogP contribution in [0.15, 0.2) is 48.5 Å². The average molecular weight is 408 g/mol. The molecule has 158 valence electrons. The molecule has 0 spiro atoms. The SMILES string of the molecule is O=C(c1ccccc1)N1C[C@@H](CNCc2cccc3c2OCCCO3)N2CC[C@H]1C2. The molecule has 1 amide bonds. The molecule has 2 aromatic rings. The van der Waals surface area contributed by atoms with Crippen LogP contribution in [-0.4, -0.2) is 67.2 Å². The first kappa shape index (κ1) is 19.4. The van der Waals surface area contributed by atoms with Gasteiger partial charge < -0.3 is 19.7 Å². The van der Waals surface area contributed by atoms with Crippen LogP contribution in [0.1, 0.15) is 28.8 Å². The first-order valence-corrected chi connectivity index (χ1v) is 11.0. The lowest BCUT2D eigenvalue weighted by atomic mass is 10.1. The van der Waals surface area contributed by atoms with Crippen molar-refractivity contribution in [2.24, 2.45) is 0 Å². The van der Waals surface area contributed by atoms with Crippen molar-refractivity contribution in [2.45, 2.75) is 31.5 Å². The number of nitrogens with zero attached hydrogens (tertiary/aromatic N) is 2. The Labute approximate surface area is 177 Å². The van der Waals surface area contributed by atoms with Crippen molar-refractivity contribution < 1.29 is 14.3 Å². The van der Waals surface area contributed by atoms with E-state index in [2.05, 4.69) is 21.2 Å². The summed E-state index contributed by atoms with van der Waals surface area (Å²) in [5.74, 6) is 1.87. The third-order valence-electron chi connectivity index (χ3n) is 6.39. The molecule has 0 saturated carbocycles. The van der Waals surface area contributed by atoms with E-state index < -0.39 is 0 Å². The predicted molar refractivity (Wildman–Crippen MR) is 115 cm³/mol. The second-order valence-electron chi connectivity index (χ2n) is 8.34. The third kappa shape index (κ3) is 3.89. The van der Waals surface area contributed by atoms with Crippen LogP contribution < -0.4 is 14.8 Å². The zero-order valence-electron chi connectivity index (χ0n) is 17.3. The van der Waals surface area contributed by atoms with E-state index in [0.29, 0.717) is 25.3 Å². The molecule has 2 aromatic carbocycles. The summed E-state index contributed by atoms with van der Waals surface area (Å²) >= 11 is 0. The summed E-state index contributed by atoms with van der Waals surface area (Å²) in [5.41, 5.74) is 1.91. The molecule has 1 N–H and O–H groups in total. The lowest BCUT2D eigenvalue weighted by Gasteiger charge is -2.40. The van der Waals surface area contributed by atoms with E-state index in [4.69, 9.17) is 9.47 Å². The Bertz CT molecular complexity index is 889. The van der Waals surface area contributed by atoms with Crippen LogP contribution in [0.2, 0.25) is 0 Å². The zero-order chi connectivity index (χ0) is 20.3. The molecular weight excluding hydrogens is 378 g/mol. The van der Waals surface area contributed by atoms with Crippen molar-refractivity contribution in [2.75, 3.05) is 39.4 Å². The van der Waals surface area contributed by atoms with E-state index in [-0.39, 0.29) is 5.91 Å². The maximum absolute atomic E-state index is 13.1. The summed E-state index contributed by atoms with van der Waals surface area (Å²) in [7, 11) is 0. The maximum atomic E-state index is 13.1. The van der Waals surface area contributed by atoms with Crippen molar-refractivity contribution in [3.05, 3.63) is 59.7 Å². The van der Waals surface area contributed by atoms with Crippen LogP contribution in [0.5, 0.6) is 11.5 Å². The number of carbonyl (C=O) groups excluding carboxylic acids is 1. The number of amides is 1. The first-order valence-electron chi connectivity index (χ1n) is 11.0. The predicted octanol–water partition coefficient (Wildman–Crippen LogP) is 2.54. The topological polar surface area (TPSA) is 54.0 Å². The number of carbonyl (C=O) groups is 1. The molecule has 2 fully saturated rings. The fraction of sp³-hybridized carbons (Fsp3) is 0.458. The van der Waals surface area contributed by atoms with E-state index >= 15 is 0 Å². The fourth-order valence-electron chi connectivity index (χ4n) is 4.80. The highest BCUT2D eigenvalue weighted by atomic mass is 16.5. The molecule has 5 rings (SSSR count). The molecule has 0 radical (unpaired) electrons. The van der Waals surface area contributed by atoms with Crippen LogP contribution in [0, 0.1) is 0 Å². The quantitative estimate of drug-likeness (QED) is 0.826. The Morgan fingerprint density at radius 3 is 2.80 bits per heavy atom. The summed E-state index contributed by atoms with van der Waals surface area (Å²) in [5, 5.41) is 3.61. The van der Waals surface area contributed by atoms with Crippen LogP contribution in [0.3, 0.4) is 0 Å². The Balaban J connectivity index is 1.23. The number of rotatable bonds is 5. The number of para-hydroxylation sites is 1. The van der Waals surface area contributed by atoms with Crippen molar-refractivity contribution in [3.8, 4) is 11.5 Å². The van der Waals surface area contributed by atoms with Crippen molar-refractivity contribution in [1.82, 2.24) is 15.1 Å². The summed E-state index contributed by atoms with van der Waals surface area (Å²) in [6.07, 6.45) is 1.97. The summed E-state index contributed by atoms with van der Waals surface area (Å²) in [6, 6.07) is 16.4. The van der Waals surface area contributed by atoms with Crippen LogP contribution in [0.25, 0.3) is 0 Å². The Morgan fingerprint density at radius 1 is 1.03 bits per heavy atom. The molecule has 0 aliphatic carbocycles. The molecular formula is C24H29N3O3. The molecule has 3 aliphatic rings. The van der Waals surface area contributed by atoms with Gasteiger partial charge in [-0.2, -0.15) is 0 Å². The third-order valence-corrected chi connectivity index (χ3v) is 6.39. The van der Waals surface area contributed by atoms with Gasteiger partial charge in [-0.3, -0.25) is 9.69 Å². The minimum absolute atomic E-state index is 0.158. The van der Waals surface area contributed by atoms with Crippen LogP contribution in [0.4, 0.5) is 0 Å². The molecule has 30 heavy (non-hydrogen) atoms. The maximum Gasteiger partial charge on any atom is 0.254 e. The number of hydrogen-bond donors (Lipinski definition) is 1. The minimum Gasteiger partial charge on any atom is -0.490 e. The minimum atomic E-state index is 0.158. The number of ether oxygens (including phenoxy) is 2. The molecule has 0 aromatic heterocycles. The Hall–Kier alpha value is -2.57. The van der Waals surface area contributed by atoms with Gasteiger partial charge >= 0.3 is 0 Å². The molecule has 2 bridgehead atoms. The molecule has 6 heteroatoms. The smallest absolute Gasteiger partial charge is 0.254 e. The summed E-state index contributed by atoms with van der Waals surface area (Å²) in [6.45, 7) is 5.78. The lowest BCUT2D eigenvalue weighted by molar-refractivity contribution is 0.0495. The number of piperazine rings is 1. The van der Waals surface area contributed by atoms with Gasteiger partial charge in [-0.1, -0.05) is 30.3 Å². The van der Waals surface area contributed by atoms with E-state index in [1.807, 2.05) is 42.5 Å². The van der Waals surface area contributed by atoms with Crippen LogP contribution in [-0.2, 0) is 6.54 Å². The van der Waals surface area contributed by atoms with Gasteiger partial charge in [-0.05, 0) is 24.6 Å². The molecule has 3 heterocycles. The Kier molecular flexibility index (Phi) is 5.60. The standard InChI is InChI=1S/C24H29N3O3/c28-24(18-6-2-1-3-7-18)27-17-21(26-11-10-20(27)16-26)15-25-14-19-8-4-9-22-23(19)30-13-5-12-29-22/h1-4,6-9,20-21,25H,5,10-17H2/t20-,21+/m0/s1. The highest BCUT2D eigenvalue weighted by Crippen LogP contribution is 2.33. The van der Waals surface area contributed by atoms with Gasteiger partial charge in [0, 0.05) is 62.4 Å². The van der Waals surface area contributed by atoms with Gasteiger partial charge in [-0.15, -0.1) is 0 Å². The summed E-state index contributed by atoms with van der Waals surface area (Å²) < 4.78 is 11.7. The fourth-order valence-corrected chi connectivity index (χ4v) is 4.80. The van der Waals surface area contributed by atoms with Gasteiger partial charge in [0.15, 0.2) is 11.5 Å². The monoisotopic (exact) mass is 407 g/mol. The van der Waals surface area contributed by atoms with Crippen LogP contribution >= 0.6 is 0 Å². The highest BCUT2D eigenvalue weighted by molar-refractivity contribution is 5.94. The lowest BCUT2D eigenvalue weighted by Crippen LogP contribution is -2.57. The number of benzene rings is 2. The van der Waals surface area contributed by atoms with E-state index in [9.17, 15) is 4.79 Å². The molecule has 2 saturated heterocycles. The Morgan fingerprint density at radius 2 is 1.90 bits per heavy atom. The van der Waals surface area contributed by atoms with Crippen molar-refractivity contribution >= 4 is 5.91 Å². The average Bonchev–Trinajstić information content (AvgIpc) is 3.04. The molecule has 3 atom stereocenters. The van der Waals surface area contributed by atoms with E-state index in [1.165, 1.54) is 0 Å². The second kappa shape index (κ2) is 8.66. The molecule has 3 aliphatic heterocycles. The van der Waals surface area contributed by atoms with Gasteiger partial charge in [0.2, 0.25) is 0 Å². The van der Waals surface area contributed by atoms with E-state index in [0.717, 1.165) is 68.2 Å².